The summed E-state index contributed by atoms with van der Waals surface area (Å²) in [5.41, 5.74) is 0.598. The lowest BCUT2D eigenvalue weighted by Crippen LogP contribution is -2.49. The van der Waals surface area contributed by atoms with Crippen LogP contribution in [0, 0.1) is 11.2 Å². The molecule has 0 aromatic heterocycles. The number of hydrogen-bond acceptors (Lipinski definition) is 6. The number of carbonyl (C=O) groups is 1. The van der Waals surface area contributed by atoms with Crippen molar-refractivity contribution in [2.75, 3.05) is 37.2 Å². The smallest absolute Gasteiger partial charge is 0.293 e. The van der Waals surface area contributed by atoms with E-state index in [4.69, 9.17) is 10.1 Å². The molecule has 10 heteroatoms. The first kappa shape index (κ1) is 24.2. The number of nitrogens with one attached hydrogen (secondary N) is 2. The van der Waals surface area contributed by atoms with Crippen LogP contribution in [0.5, 0.6) is 0 Å². The summed E-state index contributed by atoms with van der Waals surface area (Å²) in [6.45, 7) is 3.08. The number of hydrogen-bond donors (Lipinski definition) is 2. The Morgan fingerprint density at radius 2 is 1.94 bits per heavy atom. The second-order valence-electron chi connectivity index (χ2n) is 8.05. The zero-order chi connectivity index (χ0) is 23.1. The molecule has 0 bridgehead atoms. The van der Waals surface area contributed by atoms with Gasteiger partial charge in [-0.25, -0.2) is 12.8 Å². The van der Waals surface area contributed by atoms with Crippen LogP contribution in [0.3, 0.4) is 0 Å². The van der Waals surface area contributed by atoms with E-state index >= 15 is 0 Å². The molecular formula is C22H31FN4O4S. The van der Waals surface area contributed by atoms with E-state index in [1.807, 2.05) is 6.92 Å². The lowest BCUT2D eigenvalue weighted by molar-refractivity contribution is -0.117. The number of benzene rings is 1. The van der Waals surface area contributed by atoms with E-state index in [0.29, 0.717) is 30.9 Å². The molecule has 0 spiro atoms. The van der Waals surface area contributed by atoms with Gasteiger partial charge in [0.2, 0.25) is 15.8 Å². The average Bonchev–Trinajstić information content (AvgIpc) is 3.27. The molecule has 1 aliphatic carbocycles. The molecule has 1 amide bonds. The Kier molecular flexibility index (Phi) is 8.25. The largest absolute Gasteiger partial charge is 0.483 e. The van der Waals surface area contributed by atoms with E-state index in [1.54, 1.807) is 11.0 Å². The normalized spacial score (nSPS) is 18.9. The van der Waals surface area contributed by atoms with Crippen molar-refractivity contribution in [3.8, 4) is 0 Å². The number of sulfonamides is 1. The molecule has 1 saturated carbocycles. The van der Waals surface area contributed by atoms with Gasteiger partial charge in [-0.3, -0.25) is 4.79 Å². The van der Waals surface area contributed by atoms with Crippen molar-refractivity contribution in [2.45, 2.75) is 45.1 Å². The Morgan fingerprint density at radius 1 is 1.25 bits per heavy atom. The van der Waals surface area contributed by atoms with Crippen LogP contribution in [0.1, 0.15) is 39.0 Å². The van der Waals surface area contributed by atoms with Gasteiger partial charge in [0.1, 0.15) is 11.5 Å². The summed E-state index contributed by atoms with van der Waals surface area (Å²) in [6, 6.07) is 5.58. The lowest BCUT2D eigenvalue weighted by Gasteiger charge is -2.36. The van der Waals surface area contributed by atoms with Crippen LogP contribution in [0.2, 0.25) is 0 Å². The van der Waals surface area contributed by atoms with Crippen molar-refractivity contribution in [3.63, 3.8) is 0 Å². The Labute approximate surface area is 189 Å². The fraction of sp³-hybridized carbons (Fsp3) is 0.545. The molecule has 0 unspecified atom stereocenters. The number of nitrogens with zero attached hydrogens (tertiary/aromatic N) is 2. The zero-order valence-electron chi connectivity index (χ0n) is 18.3. The monoisotopic (exact) mass is 466 g/mol. The molecule has 1 saturated heterocycles. The summed E-state index contributed by atoms with van der Waals surface area (Å²) in [4.78, 5) is 14.9. The van der Waals surface area contributed by atoms with Gasteiger partial charge in [-0.2, -0.15) is 4.31 Å². The van der Waals surface area contributed by atoms with E-state index in [2.05, 4.69) is 5.32 Å². The van der Waals surface area contributed by atoms with E-state index in [9.17, 15) is 17.6 Å². The first-order chi connectivity index (χ1) is 15.3. The third kappa shape index (κ3) is 6.07. The highest BCUT2D eigenvalue weighted by molar-refractivity contribution is 7.89. The quantitative estimate of drug-likeness (QED) is 0.331. The number of halogens is 1. The molecule has 0 atom stereocenters. The molecule has 1 aromatic carbocycles. The van der Waals surface area contributed by atoms with E-state index < -0.39 is 21.7 Å². The third-order valence-corrected chi connectivity index (χ3v) is 7.76. The number of ether oxygens (including phenoxy) is 1. The van der Waals surface area contributed by atoms with Crippen molar-refractivity contribution in [2.24, 2.45) is 0 Å². The molecule has 2 N–H and O–H groups in total. The van der Waals surface area contributed by atoms with Gasteiger partial charge in [-0.05, 0) is 50.3 Å². The van der Waals surface area contributed by atoms with Crippen molar-refractivity contribution in [1.82, 2.24) is 9.21 Å². The van der Waals surface area contributed by atoms with Crippen LogP contribution in [0.4, 0.5) is 10.1 Å². The Hall–Kier alpha value is -2.46. The minimum atomic E-state index is -3.30. The van der Waals surface area contributed by atoms with Crippen LogP contribution in [-0.2, 0) is 19.6 Å². The van der Waals surface area contributed by atoms with E-state index in [-0.39, 0.29) is 30.7 Å². The van der Waals surface area contributed by atoms with Crippen LogP contribution >= 0.6 is 0 Å². The highest BCUT2D eigenvalue weighted by Gasteiger charge is 2.31. The standard InChI is InChI=1S/C22H31FN4O4S/c1-2-14-32(29,30)27-12-10-26(11-13-27)20(16-24)21(31-19-8-3-4-9-19)22(28)25-18-7-5-6-17(23)15-18/h5-7,15-16,19,24H,2-4,8-14H2,1H3,(H,25,28). The van der Waals surface area contributed by atoms with Gasteiger partial charge < -0.3 is 20.4 Å². The van der Waals surface area contributed by atoms with Crippen molar-refractivity contribution >= 4 is 27.8 Å². The first-order valence-corrected chi connectivity index (χ1v) is 12.7. The number of carbonyl (C=O) groups excluding carboxylic acids is 1. The van der Waals surface area contributed by atoms with Crippen LogP contribution in [-0.4, -0.2) is 67.8 Å². The summed E-state index contributed by atoms with van der Waals surface area (Å²) in [6.07, 6.45) is 5.18. The lowest BCUT2D eigenvalue weighted by atomic mass is 10.2. The molecule has 0 radical (unpaired) electrons. The van der Waals surface area contributed by atoms with Crippen molar-refractivity contribution in [3.05, 3.63) is 41.5 Å². The van der Waals surface area contributed by atoms with Gasteiger partial charge in [0.05, 0.1) is 11.9 Å². The molecule has 32 heavy (non-hydrogen) atoms. The third-order valence-electron chi connectivity index (χ3n) is 5.68. The maximum absolute atomic E-state index is 13.6. The van der Waals surface area contributed by atoms with Crippen LogP contribution in [0.15, 0.2) is 35.7 Å². The first-order valence-electron chi connectivity index (χ1n) is 11.0. The summed E-state index contributed by atoms with van der Waals surface area (Å²) in [5.74, 6) is -0.906. The molecule has 1 aromatic rings. The van der Waals surface area contributed by atoms with Crippen LogP contribution < -0.4 is 5.32 Å². The topological polar surface area (TPSA) is 103 Å². The summed E-state index contributed by atoms with van der Waals surface area (Å²) in [5, 5.41) is 10.6. The number of amides is 1. The zero-order valence-corrected chi connectivity index (χ0v) is 19.2. The minimum Gasteiger partial charge on any atom is -0.483 e. The summed E-state index contributed by atoms with van der Waals surface area (Å²) in [7, 11) is -3.30. The molecule has 2 aliphatic rings. The predicted octanol–water partition coefficient (Wildman–Crippen LogP) is 2.94. The number of rotatable bonds is 9. The highest BCUT2D eigenvalue weighted by atomic mass is 32.2. The maximum Gasteiger partial charge on any atom is 0.293 e. The Morgan fingerprint density at radius 3 is 2.53 bits per heavy atom. The van der Waals surface area contributed by atoms with Gasteiger partial charge in [0.25, 0.3) is 5.91 Å². The fourth-order valence-corrected chi connectivity index (χ4v) is 5.55. The second kappa shape index (κ2) is 10.9. The SMILES string of the molecule is CCCS(=O)(=O)N1CCN(C(C=N)=C(OC2CCCC2)C(=O)Nc2cccc(F)c2)CC1. The molecule has 8 nitrogen and oxygen atoms in total. The molecule has 2 fully saturated rings. The van der Waals surface area contributed by atoms with Gasteiger partial charge in [-0.1, -0.05) is 13.0 Å². The Bertz CT molecular complexity index is 952. The minimum absolute atomic E-state index is 0.0148. The van der Waals surface area contributed by atoms with Crippen molar-refractivity contribution < 1.29 is 22.3 Å². The highest BCUT2D eigenvalue weighted by Crippen LogP contribution is 2.26. The second-order valence-corrected chi connectivity index (χ2v) is 10.1. The van der Waals surface area contributed by atoms with Gasteiger partial charge in [0, 0.05) is 38.1 Å². The summed E-state index contributed by atoms with van der Waals surface area (Å²) < 4.78 is 45.8. The van der Waals surface area contributed by atoms with E-state index in [0.717, 1.165) is 31.9 Å². The molecule has 1 heterocycles. The molecule has 176 valence electrons. The predicted molar refractivity (Wildman–Crippen MR) is 121 cm³/mol. The molecule has 3 rings (SSSR count). The van der Waals surface area contributed by atoms with Crippen molar-refractivity contribution in [1.29, 1.82) is 5.41 Å². The van der Waals surface area contributed by atoms with Crippen LogP contribution in [0.25, 0.3) is 0 Å². The fourth-order valence-electron chi connectivity index (χ4n) is 4.05. The Balaban J connectivity index is 1.82. The number of allylic oxidation sites excluding steroid dienone is 1. The van der Waals surface area contributed by atoms with Gasteiger partial charge in [0.15, 0.2) is 0 Å². The summed E-state index contributed by atoms with van der Waals surface area (Å²) >= 11 is 0. The molecular weight excluding hydrogens is 435 g/mol. The average molecular weight is 467 g/mol. The number of piperazine rings is 1. The molecule has 1 aliphatic heterocycles. The van der Waals surface area contributed by atoms with Gasteiger partial charge >= 0.3 is 0 Å². The van der Waals surface area contributed by atoms with Gasteiger partial charge in [-0.15, -0.1) is 0 Å². The maximum atomic E-state index is 13.6. The van der Waals surface area contributed by atoms with E-state index in [1.165, 1.54) is 22.5 Å². The number of anilines is 1.